The Morgan fingerprint density at radius 1 is 1.33 bits per heavy atom. The summed E-state index contributed by atoms with van der Waals surface area (Å²) in [7, 11) is 0. The van der Waals surface area contributed by atoms with Crippen LogP contribution in [0.15, 0.2) is 36.0 Å². The van der Waals surface area contributed by atoms with Crippen LogP contribution in [-0.2, 0) is 0 Å². The fraction of sp³-hybridized carbons (Fsp3) is 0.333. The van der Waals surface area contributed by atoms with Gasteiger partial charge in [-0.25, -0.2) is 4.98 Å². The molecule has 3 heteroatoms. The van der Waals surface area contributed by atoms with Crippen LogP contribution in [0.2, 0.25) is 0 Å². The lowest BCUT2D eigenvalue weighted by atomic mass is 10.2. The molecule has 0 unspecified atom stereocenters. The Morgan fingerprint density at radius 3 is 2.89 bits per heavy atom. The summed E-state index contributed by atoms with van der Waals surface area (Å²) in [6.45, 7) is 3.07. The van der Waals surface area contributed by atoms with Crippen LogP contribution in [0, 0.1) is 0 Å². The van der Waals surface area contributed by atoms with Gasteiger partial charge in [-0.05, 0) is 38.0 Å². The number of fused-ring (bicyclic) bond motifs is 1. The van der Waals surface area contributed by atoms with Crippen molar-refractivity contribution in [2.75, 3.05) is 6.54 Å². The highest BCUT2D eigenvalue weighted by atomic mass is 14.9. The number of hydrogen-bond donors (Lipinski definition) is 1. The summed E-state index contributed by atoms with van der Waals surface area (Å²) in [5.41, 5.74) is 4.13. The summed E-state index contributed by atoms with van der Waals surface area (Å²) in [4.78, 5) is 9.01. The molecule has 1 aliphatic carbocycles. The number of nitrogens with zero attached hydrogens (tertiary/aromatic N) is 2. The Bertz CT molecular complexity index is 585. The number of para-hydroxylation sites is 2. The molecule has 92 valence electrons. The zero-order valence-corrected chi connectivity index (χ0v) is 10.6. The van der Waals surface area contributed by atoms with E-state index in [9.17, 15) is 0 Å². The lowest BCUT2D eigenvalue weighted by Gasteiger charge is -2.03. The largest absolute Gasteiger partial charge is 0.310 e. The third kappa shape index (κ3) is 2.74. The van der Waals surface area contributed by atoms with Crippen molar-refractivity contribution in [1.82, 2.24) is 15.3 Å². The molecule has 1 fully saturated rings. The third-order valence-corrected chi connectivity index (χ3v) is 3.11. The average molecular weight is 239 g/mol. The molecule has 0 radical (unpaired) electrons. The first-order valence-corrected chi connectivity index (χ1v) is 6.43. The van der Waals surface area contributed by atoms with Crippen molar-refractivity contribution < 1.29 is 0 Å². The molecule has 0 bridgehead atoms. The Morgan fingerprint density at radius 2 is 2.11 bits per heavy atom. The number of benzene rings is 1. The predicted molar refractivity (Wildman–Crippen MR) is 74.2 cm³/mol. The Labute approximate surface area is 107 Å². The molecule has 3 rings (SSSR count). The molecule has 0 atom stereocenters. The summed E-state index contributed by atoms with van der Waals surface area (Å²) in [5, 5.41) is 3.50. The zero-order chi connectivity index (χ0) is 12.4. The Kier molecular flexibility index (Phi) is 3.07. The molecule has 3 nitrogen and oxygen atoms in total. The van der Waals surface area contributed by atoms with Gasteiger partial charge in [0, 0.05) is 12.6 Å². The fourth-order valence-corrected chi connectivity index (χ4v) is 1.94. The molecule has 0 saturated heterocycles. The summed E-state index contributed by atoms with van der Waals surface area (Å²) < 4.78 is 0. The molecule has 0 aliphatic heterocycles. The van der Waals surface area contributed by atoms with Gasteiger partial charge in [0.25, 0.3) is 0 Å². The molecule has 18 heavy (non-hydrogen) atoms. The van der Waals surface area contributed by atoms with Crippen LogP contribution < -0.4 is 5.32 Å². The highest BCUT2D eigenvalue weighted by Crippen LogP contribution is 2.19. The van der Waals surface area contributed by atoms with E-state index >= 15 is 0 Å². The van der Waals surface area contributed by atoms with Gasteiger partial charge in [-0.15, -0.1) is 0 Å². The van der Waals surface area contributed by atoms with Crippen LogP contribution >= 0.6 is 0 Å². The Balaban J connectivity index is 1.77. The first-order valence-electron chi connectivity index (χ1n) is 6.43. The normalized spacial score (nSPS) is 16.2. The van der Waals surface area contributed by atoms with E-state index in [-0.39, 0.29) is 0 Å². The van der Waals surface area contributed by atoms with Gasteiger partial charge in [0.2, 0.25) is 0 Å². The van der Waals surface area contributed by atoms with Crippen molar-refractivity contribution in [1.29, 1.82) is 0 Å². The van der Waals surface area contributed by atoms with Crippen molar-refractivity contribution in [2.24, 2.45) is 0 Å². The molecule has 0 amide bonds. The standard InChI is InChI=1S/C15H17N3/c1-11(9-16-12-6-7-12)8-13-10-17-14-4-2-3-5-15(14)18-13/h2-5,8,10,12,16H,6-7,9H2,1H3. The summed E-state index contributed by atoms with van der Waals surface area (Å²) in [6, 6.07) is 8.70. The number of rotatable bonds is 4. The van der Waals surface area contributed by atoms with E-state index < -0.39 is 0 Å². The van der Waals surface area contributed by atoms with Crippen LogP contribution in [0.4, 0.5) is 0 Å². The van der Waals surface area contributed by atoms with Gasteiger partial charge in [0.1, 0.15) is 0 Å². The molecular weight excluding hydrogens is 222 g/mol. The van der Waals surface area contributed by atoms with Crippen molar-refractivity contribution in [2.45, 2.75) is 25.8 Å². The lowest BCUT2D eigenvalue weighted by molar-refractivity contribution is 0.735. The van der Waals surface area contributed by atoms with Crippen LogP contribution in [-0.4, -0.2) is 22.6 Å². The topological polar surface area (TPSA) is 37.8 Å². The first-order chi connectivity index (χ1) is 8.81. The smallest absolute Gasteiger partial charge is 0.0894 e. The predicted octanol–water partition coefficient (Wildman–Crippen LogP) is 2.79. The van der Waals surface area contributed by atoms with E-state index in [1.807, 2.05) is 30.5 Å². The molecule has 2 aromatic rings. The van der Waals surface area contributed by atoms with Crippen molar-refractivity contribution in [3.63, 3.8) is 0 Å². The quantitative estimate of drug-likeness (QED) is 0.891. The molecule has 1 aliphatic rings. The molecule has 1 heterocycles. The molecule has 1 aromatic heterocycles. The van der Waals surface area contributed by atoms with Crippen molar-refractivity contribution in [3.8, 4) is 0 Å². The second-order valence-corrected chi connectivity index (χ2v) is 4.93. The molecular formula is C15H17N3. The maximum absolute atomic E-state index is 4.59. The van der Waals surface area contributed by atoms with Gasteiger partial charge < -0.3 is 5.32 Å². The fourth-order valence-electron chi connectivity index (χ4n) is 1.94. The number of aromatic nitrogens is 2. The minimum absolute atomic E-state index is 0.746. The zero-order valence-electron chi connectivity index (χ0n) is 10.6. The summed E-state index contributed by atoms with van der Waals surface area (Å²) in [6.07, 6.45) is 6.59. The maximum atomic E-state index is 4.59. The second kappa shape index (κ2) is 4.86. The van der Waals surface area contributed by atoms with Gasteiger partial charge >= 0.3 is 0 Å². The van der Waals surface area contributed by atoms with Crippen LogP contribution in [0.3, 0.4) is 0 Å². The molecule has 1 saturated carbocycles. The van der Waals surface area contributed by atoms with E-state index in [1.54, 1.807) is 0 Å². The lowest BCUT2D eigenvalue weighted by Crippen LogP contribution is -2.18. The maximum Gasteiger partial charge on any atom is 0.0894 e. The van der Waals surface area contributed by atoms with Gasteiger partial charge in [-0.2, -0.15) is 0 Å². The SMILES string of the molecule is CC(=Cc1cnc2ccccc2n1)CNC1CC1. The van der Waals surface area contributed by atoms with Gasteiger partial charge in [0.05, 0.1) is 22.9 Å². The first kappa shape index (κ1) is 11.4. The highest BCUT2D eigenvalue weighted by molar-refractivity contribution is 5.74. The van der Waals surface area contributed by atoms with Crippen molar-refractivity contribution >= 4 is 17.1 Å². The third-order valence-electron chi connectivity index (χ3n) is 3.11. The van der Waals surface area contributed by atoms with Crippen LogP contribution in [0.5, 0.6) is 0 Å². The minimum Gasteiger partial charge on any atom is -0.310 e. The van der Waals surface area contributed by atoms with Crippen molar-refractivity contribution in [3.05, 3.63) is 41.7 Å². The van der Waals surface area contributed by atoms with E-state index in [4.69, 9.17) is 0 Å². The second-order valence-electron chi connectivity index (χ2n) is 4.93. The number of nitrogens with one attached hydrogen (secondary N) is 1. The monoisotopic (exact) mass is 239 g/mol. The average Bonchev–Trinajstić information content (AvgIpc) is 3.20. The van der Waals surface area contributed by atoms with Gasteiger partial charge in [-0.1, -0.05) is 17.7 Å². The highest BCUT2D eigenvalue weighted by Gasteiger charge is 2.19. The van der Waals surface area contributed by atoms with Crippen LogP contribution in [0.1, 0.15) is 25.5 Å². The minimum atomic E-state index is 0.746. The van der Waals surface area contributed by atoms with Crippen LogP contribution in [0.25, 0.3) is 17.1 Å². The molecule has 1 aromatic carbocycles. The van der Waals surface area contributed by atoms with E-state index in [2.05, 4.69) is 28.3 Å². The van der Waals surface area contributed by atoms with E-state index in [0.717, 1.165) is 29.3 Å². The summed E-state index contributed by atoms with van der Waals surface area (Å²) in [5.74, 6) is 0. The Hall–Kier alpha value is -1.74. The van der Waals surface area contributed by atoms with E-state index in [0.29, 0.717) is 0 Å². The summed E-state index contributed by atoms with van der Waals surface area (Å²) >= 11 is 0. The van der Waals surface area contributed by atoms with Gasteiger partial charge in [-0.3, -0.25) is 4.98 Å². The van der Waals surface area contributed by atoms with Gasteiger partial charge in [0.15, 0.2) is 0 Å². The molecule has 0 spiro atoms. The molecule has 1 N–H and O–H groups in total. The van der Waals surface area contributed by atoms with E-state index in [1.165, 1.54) is 18.4 Å². The number of hydrogen-bond acceptors (Lipinski definition) is 3.